The van der Waals surface area contributed by atoms with E-state index in [1.54, 1.807) is 16.8 Å². The third-order valence-corrected chi connectivity index (χ3v) is 2.73. The van der Waals surface area contributed by atoms with Crippen LogP contribution in [0, 0.1) is 0 Å². The molecule has 84 valence electrons. The molecule has 16 heavy (non-hydrogen) atoms. The number of nitrogens with zero attached hydrogens (tertiary/aromatic N) is 2. The number of rotatable bonds is 4. The van der Waals surface area contributed by atoms with Crippen LogP contribution in [0.15, 0.2) is 35.3 Å². The number of hydrogen-bond donors (Lipinski definition) is 0. The smallest absolute Gasteiger partial charge is 0.252 e. The molecule has 0 spiro atoms. The fourth-order valence-corrected chi connectivity index (χ4v) is 1.86. The Labute approximate surface area is 94.7 Å². The lowest BCUT2D eigenvalue weighted by atomic mass is 10.2. The van der Waals surface area contributed by atoms with Gasteiger partial charge in [-0.3, -0.25) is 9.36 Å². The molecular weight excluding hydrogens is 200 g/mol. The summed E-state index contributed by atoms with van der Waals surface area (Å²) in [6, 6.07) is 7.33. The van der Waals surface area contributed by atoms with Crippen molar-refractivity contribution >= 4 is 11.0 Å². The van der Waals surface area contributed by atoms with Gasteiger partial charge in [-0.05, 0) is 24.6 Å². The first-order valence-corrected chi connectivity index (χ1v) is 5.77. The molecule has 0 aliphatic rings. The monoisotopic (exact) mass is 216 g/mol. The zero-order chi connectivity index (χ0) is 11.4. The van der Waals surface area contributed by atoms with Crippen LogP contribution in [0.5, 0.6) is 0 Å². The summed E-state index contributed by atoms with van der Waals surface area (Å²) in [5.41, 5.74) is 0.841. The van der Waals surface area contributed by atoms with Crippen molar-refractivity contribution in [1.82, 2.24) is 9.55 Å². The summed E-state index contributed by atoms with van der Waals surface area (Å²) in [7, 11) is 0. The zero-order valence-corrected chi connectivity index (χ0v) is 9.52. The van der Waals surface area contributed by atoms with Crippen LogP contribution >= 0.6 is 0 Å². The Bertz CT molecular complexity index is 531. The lowest BCUT2D eigenvalue weighted by Gasteiger charge is -2.08. The highest BCUT2D eigenvalue weighted by Crippen LogP contribution is 2.08. The van der Waals surface area contributed by atoms with Crippen LogP contribution in [-0.4, -0.2) is 9.55 Å². The maximum atomic E-state index is 11.8. The van der Waals surface area contributed by atoms with Crippen LogP contribution in [0.4, 0.5) is 0 Å². The number of hydrogen-bond acceptors (Lipinski definition) is 2. The van der Waals surface area contributed by atoms with E-state index in [0.717, 1.165) is 36.8 Å². The molecule has 2 aromatic heterocycles. The maximum absolute atomic E-state index is 11.8. The van der Waals surface area contributed by atoms with Gasteiger partial charge in [0, 0.05) is 24.2 Å². The summed E-state index contributed by atoms with van der Waals surface area (Å²) in [6.07, 6.45) is 5.08. The Kier molecular flexibility index (Phi) is 3.34. The predicted molar refractivity (Wildman–Crippen MR) is 65.5 cm³/mol. The second kappa shape index (κ2) is 4.92. The summed E-state index contributed by atoms with van der Waals surface area (Å²) in [5.74, 6) is 0. The molecule has 0 fully saturated rings. The number of fused-ring (bicyclic) bond motifs is 1. The van der Waals surface area contributed by atoms with Gasteiger partial charge in [-0.1, -0.05) is 19.8 Å². The van der Waals surface area contributed by atoms with Crippen LogP contribution in [-0.2, 0) is 6.54 Å². The topological polar surface area (TPSA) is 34.9 Å². The van der Waals surface area contributed by atoms with Crippen LogP contribution < -0.4 is 5.56 Å². The second-order valence-electron chi connectivity index (χ2n) is 3.95. The molecule has 0 radical (unpaired) electrons. The van der Waals surface area contributed by atoms with E-state index < -0.39 is 0 Å². The van der Waals surface area contributed by atoms with Crippen LogP contribution in [0.2, 0.25) is 0 Å². The highest BCUT2D eigenvalue weighted by atomic mass is 16.1. The molecule has 0 aliphatic carbocycles. The minimum absolute atomic E-state index is 0.0438. The Balaban J connectivity index is 2.41. The third kappa shape index (κ3) is 2.13. The fourth-order valence-electron chi connectivity index (χ4n) is 1.86. The van der Waals surface area contributed by atoms with Crippen LogP contribution in [0.3, 0.4) is 0 Å². The molecule has 0 saturated heterocycles. The van der Waals surface area contributed by atoms with E-state index in [9.17, 15) is 4.79 Å². The zero-order valence-electron chi connectivity index (χ0n) is 9.52. The fraction of sp³-hybridized carbons (Fsp3) is 0.385. The molecule has 3 nitrogen and oxygen atoms in total. The summed E-state index contributed by atoms with van der Waals surface area (Å²) in [4.78, 5) is 16.0. The predicted octanol–water partition coefficient (Wildman–Crippen LogP) is 2.59. The van der Waals surface area contributed by atoms with Crippen molar-refractivity contribution in [3.05, 3.63) is 40.8 Å². The standard InChI is InChI=1S/C13H16N2O/c1-2-3-4-10-15-12(16)8-7-11-6-5-9-14-13(11)15/h5-9H,2-4,10H2,1H3. The van der Waals surface area contributed by atoms with Crippen molar-refractivity contribution in [2.24, 2.45) is 0 Å². The van der Waals surface area contributed by atoms with Gasteiger partial charge in [-0.25, -0.2) is 4.98 Å². The minimum Gasteiger partial charge on any atom is -0.293 e. The summed E-state index contributed by atoms with van der Waals surface area (Å²) < 4.78 is 1.77. The quantitative estimate of drug-likeness (QED) is 0.736. The lowest BCUT2D eigenvalue weighted by Crippen LogP contribution is -2.20. The van der Waals surface area contributed by atoms with Gasteiger partial charge in [0.1, 0.15) is 5.65 Å². The Morgan fingerprint density at radius 1 is 1.25 bits per heavy atom. The molecule has 0 N–H and O–H groups in total. The molecule has 2 aromatic rings. The van der Waals surface area contributed by atoms with Gasteiger partial charge < -0.3 is 0 Å². The molecule has 0 aromatic carbocycles. The third-order valence-electron chi connectivity index (χ3n) is 2.73. The van der Waals surface area contributed by atoms with E-state index >= 15 is 0 Å². The molecule has 0 aliphatic heterocycles. The molecule has 2 rings (SSSR count). The van der Waals surface area contributed by atoms with Gasteiger partial charge in [0.25, 0.3) is 5.56 Å². The minimum atomic E-state index is 0.0438. The first-order chi connectivity index (χ1) is 7.83. The van der Waals surface area contributed by atoms with E-state index in [1.165, 1.54) is 0 Å². The van der Waals surface area contributed by atoms with Crippen molar-refractivity contribution in [3.63, 3.8) is 0 Å². The van der Waals surface area contributed by atoms with Crippen LogP contribution in [0.1, 0.15) is 26.2 Å². The van der Waals surface area contributed by atoms with E-state index in [1.807, 2.05) is 18.2 Å². The molecule has 0 unspecified atom stereocenters. The van der Waals surface area contributed by atoms with Crippen LogP contribution in [0.25, 0.3) is 11.0 Å². The second-order valence-corrected chi connectivity index (χ2v) is 3.95. The summed E-state index contributed by atoms with van der Waals surface area (Å²) >= 11 is 0. The van der Waals surface area contributed by atoms with E-state index in [2.05, 4.69) is 11.9 Å². The maximum Gasteiger partial charge on any atom is 0.252 e. The van der Waals surface area contributed by atoms with E-state index in [-0.39, 0.29) is 5.56 Å². The van der Waals surface area contributed by atoms with Gasteiger partial charge in [-0.15, -0.1) is 0 Å². The number of aryl methyl sites for hydroxylation is 1. The Morgan fingerprint density at radius 3 is 2.94 bits per heavy atom. The van der Waals surface area contributed by atoms with Gasteiger partial charge in [0.15, 0.2) is 0 Å². The molecular formula is C13H16N2O. The summed E-state index contributed by atoms with van der Waals surface area (Å²) in [6.45, 7) is 2.92. The molecule has 0 saturated carbocycles. The van der Waals surface area contributed by atoms with E-state index in [0.29, 0.717) is 0 Å². The number of pyridine rings is 2. The van der Waals surface area contributed by atoms with E-state index in [4.69, 9.17) is 0 Å². The van der Waals surface area contributed by atoms with Gasteiger partial charge in [0.05, 0.1) is 0 Å². The number of aromatic nitrogens is 2. The highest BCUT2D eigenvalue weighted by molar-refractivity contribution is 5.74. The molecule has 0 atom stereocenters. The SMILES string of the molecule is CCCCCn1c(=O)ccc2cccnc21. The Morgan fingerprint density at radius 2 is 2.12 bits per heavy atom. The first-order valence-electron chi connectivity index (χ1n) is 5.77. The first kappa shape index (κ1) is 10.9. The highest BCUT2D eigenvalue weighted by Gasteiger charge is 2.02. The average molecular weight is 216 g/mol. The number of unbranched alkanes of at least 4 members (excludes halogenated alkanes) is 2. The van der Waals surface area contributed by atoms with Crippen molar-refractivity contribution in [2.45, 2.75) is 32.7 Å². The summed E-state index contributed by atoms with van der Waals surface area (Å²) in [5, 5.41) is 1.03. The lowest BCUT2D eigenvalue weighted by molar-refractivity contribution is 0.599. The Hall–Kier alpha value is -1.64. The van der Waals surface area contributed by atoms with Gasteiger partial charge in [-0.2, -0.15) is 0 Å². The van der Waals surface area contributed by atoms with Crippen molar-refractivity contribution in [2.75, 3.05) is 0 Å². The van der Waals surface area contributed by atoms with Crippen molar-refractivity contribution in [3.8, 4) is 0 Å². The van der Waals surface area contributed by atoms with Crippen molar-refractivity contribution in [1.29, 1.82) is 0 Å². The molecule has 2 heterocycles. The van der Waals surface area contributed by atoms with Gasteiger partial charge in [0.2, 0.25) is 0 Å². The molecule has 0 amide bonds. The molecule has 3 heteroatoms. The largest absolute Gasteiger partial charge is 0.293 e. The molecule has 0 bridgehead atoms. The van der Waals surface area contributed by atoms with Crippen molar-refractivity contribution < 1.29 is 0 Å². The average Bonchev–Trinajstić information content (AvgIpc) is 2.32. The normalized spacial score (nSPS) is 10.8. The van der Waals surface area contributed by atoms with Gasteiger partial charge >= 0.3 is 0 Å².